The van der Waals surface area contributed by atoms with Crippen molar-refractivity contribution in [2.24, 2.45) is 11.8 Å². The molecule has 2 saturated carbocycles. The maximum absolute atomic E-state index is 12.6. The standard InChI is InChI=1S/C22H26O/c23-21-10-11-22(14-15-6-8-18(22)12-15)20-9-7-17(13-19(20)21)16-4-2-1-3-5-16/h6-9,13,15-16,18H,1-5,10-12,14H2. The van der Waals surface area contributed by atoms with E-state index in [0.717, 1.165) is 24.3 Å². The number of hydrogen-bond donors (Lipinski definition) is 0. The number of ketones is 1. The highest BCUT2D eigenvalue weighted by molar-refractivity contribution is 5.99. The minimum atomic E-state index is 0.285. The summed E-state index contributed by atoms with van der Waals surface area (Å²) in [5.74, 6) is 2.54. The van der Waals surface area contributed by atoms with Gasteiger partial charge in [-0.25, -0.2) is 0 Å². The van der Waals surface area contributed by atoms with E-state index in [1.165, 1.54) is 56.1 Å². The van der Waals surface area contributed by atoms with Crippen LogP contribution in [0.15, 0.2) is 30.4 Å². The van der Waals surface area contributed by atoms with Crippen LogP contribution in [0.3, 0.4) is 0 Å². The van der Waals surface area contributed by atoms with E-state index in [-0.39, 0.29) is 5.41 Å². The zero-order valence-corrected chi connectivity index (χ0v) is 13.9. The summed E-state index contributed by atoms with van der Waals surface area (Å²) in [7, 11) is 0. The van der Waals surface area contributed by atoms with Gasteiger partial charge in [-0.3, -0.25) is 4.79 Å². The van der Waals surface area contributed by atoms with Gasteiger partial charge >= 0.3 is 0 Å². The second kappa shape index (κ2) is 5.06. The van der Waals surface area contributed by atoms with Crippen molar-refractivity contribution in [3.8, 4) is 0 Å². The Balaban J connectivity index is 1.57. The molecule has 23 heavy (non-hydrogen) atoms. The molecular formula is C22H26O. The van der Waals surface area contributed by atoms with Gasteiger partial charge in [-0.1, -0.05) is 43.5 Å². The molecule has 1 nitrogen and oxygen atoms in total. The average Bonchev–Trinajstić information content (AvgIpc) is 3.21. The number of benzene rings is 1. The molecule has 5 rings (SSSR count). The van der Waals surface area contributed by atoms with Gasteiger partial charge < -0.3 is 0 Å². The Morgan fingerprint density at radius 1 is 1.04 bits per heavy atom. The van der Waals surface area contributed by atoms with Crippen LogP contribution in [0.2, 0.25) is 0 Å². The fourth-order valence-electron chi connectivity index (χ4n) is 6.07. The molecule has 1 aromatic carbocycles. The lowest BCUT2D eigenvalue weighted by atomic mass is 9.62. The highest BCUT2D eigenvalue weighted by Crippen LogP contribution is 2.58. The first-order valence-corrected chi connectivity index (χ1v) is 9.62. The lowest BCUT2D eigenvalue weighted by molar-refractivity contribution is 0.0943. The van der Waals surface area contributed by atoms with Crippen molar-refractivity contribution >= 4 is 5.78 Å². The summed E-state index contributed by atoms with van der Waals surface area (Å²) in [6.07, 6.45) is 16.0. The third kappa shape index (κ3) is 2.01. The second-order valence-electron chi connectivity index (χ2n) is 8.41. The van der Waals surface area contributed by atoms with Crippen LogP contribution in [0.25, 0.3) is 0 Å². The molecule has 4 aliphatic rings. The summed E-state index contributed by atoms with van der Waals surface area (Å²) >= 11 is 0. The molecule has 1 spiro atoms. The van der Waals surface area contributed by atoms with Crippen LogP contribution in [-0.2, 0) is 5.41 Å². The Kier molecular flexibility index (Phi) is 3.08. The molecule has 3 unspecified atom stereocenters. The third-order valence-corrected chi connectivity index (χ3v) is 7.26. The first-order valence-electron chi connectivity index (χ1n) is 9.62. The molecule has 0 heterocycles. The second-order valence-corrected chi connectivity index (χ2v) is 8.41. The van der Waals surface area contributed by atoms with E-state index in [4.69, 9.17) is 0 Å². The Bertz CT molecular complexity index is 679. The lowest BCUT2D eigenvalue weighted by Gasteiger charge is -2.41. The summed E-state index contributed by atoms with van der Waals surface area (Å²) in [5, 5.41) is 0. The van der Waals surface area contributed by atoms with Gasteiger partial charge in [0.1, 0.15) is 0 Å². The number of Topliss-reactive ketones (excluding diaryl/α,β-unsaturated/α-hetero) is 1. The molecule has 0 amide bonds. The van der Waals surface area contributed by atoms with Crippen molar-refractivity contribution in [3.05, 3.63) is 47.0 Å². The number of allylic oxidation sites excluding steroid dienone is 2. The molecule has 0 radical (unpaired) electrons. The van der Waals surface area contributed by atoms with Crippen molar-refractivity contribution < 1.29 is 4.79 Å². The first-order chi connectivity index (χ1) is 11.3. The number of carbonyl (C=O) groups is 1. The molecule has 120 valence electrons. The minimum absolute atomic E-state index is 0.285. The predicted octanol–water partition coefficient (Wildman–Crippen LogP) is 5.54. The predicted molar refractivity (Wildman–Crippen MR) is 92.9 cm³/mol. The molecule has 2 bridgehead atoms. The van der Waals surface area contributed by atoms with Gasteiger partial charge in [-0.2, -0.15) is 0 Å². The molecule has 0 aliphatic heterocycles. The monoisotopic (exact) mass is 306 g/mol. The number of hydrogen-bond acceptors (Lipinski definition) is 1. The Hall–Kier alpha value is -1.37. The largest absolute Gasteiger partial charge is 0.294 e. The first kappa shape index (κ1) is 14.0. The maximum atomic E-state index is 12.6. The highest BCUT2D eigenvalue weighted by atomic mass is 16.1. The molecule has 1 aromatic rings. The van der Waals surface area contributed by atoms with Crippen molar-refractivity contribution in [3.63, 3.8) is 0 Å². The number of carbonyl (C=O) groups excluding carboxylic acids is 1. The Labute approximate surface area is 139 Å². The normalized spacial score (nSPS) is 35.9. The summed E-state index contributed by atoms with van der Waals surface area (Å²) in [6, 6.07) is 7.01. The minimum Gasteiger partial charge on any atom is -0.294 e. The lowest BCUT2D eigenvalue weighted by Crippen LogP contribution is -2.37. The average molecular weight is 306 g/mol. The van der Waals surface area contributed by atoms with Crippen molar-refractivity contribution in [2.45, 2.75) is 69.1 Å². The van der Waals surface area contributed by atoms with Crippen LogP contribution in [0.4, 0.5) is 0 Å². The fraction of sp³-hybridized carbons (Fsp3) is 0.591. The molecule has 0 N–H and O–H groups in total. The van der Waals surface area contributed by atoms with Crippen molar-refractivity contribution in [2.75, 3.05) is 0 Å². The molecule has 2 fully saturated rings. The SMILES string of the molecule is O=C1CCC2(CC3C=CC2C3)c2ccc(C3CCCCC3)cc21. The summed E-state index contributed by atoms with van der Waals surface area (Å²) < 4.78 is 0. The van der Waals surface area contributed by atoms with Crippen LogP contribution in [-0.4, -0.2) is 5.78 Å². The van der Waals surface area contributed by atoms with Crippen LogP contribution in [0.5, 0.6) is 0 Å². The maximum Gasteiger partial charge on any atom is 0.163 e. The van der Waals surface area contributed by atoms with E-state index in [2.05, 4.69) is 30.4 Å². The quantitative estimate of drug-likeness (QED) is 0.622. The number of rotatable bonds is 1. The molecule has 3 atom stereocenters. The highest BCUT2D eigenvalue weighted by Gasteiger charge is 2.52. The topological polar surface area (TPSA) is 17.1 Å². The van der Waals surface area contributed by atoms with Crippen molar-refractivity contribution in [1.82, 2.24) is 0 Å². The van der Waals surface area contributed by atoms with Crippen LogP contribution in [0, 0.1) is 11.8 Å². The van der Waals surface area contributed by atoms with Gasteiger partial charge in [0, 0.05) is 17.4 Å². The molecular weight excluding hydrogens is 280 g/mol. The van der Waals surface area contributed by atoms with Gasteiger partial charge in [0.05, 0.1) is 0 Å². The molecule has 1 heteroatoms. The van der Waals surface area contributed by atoms with Gasteiger partial charge in [0.2, 0.25) is 0 Å². The molecule has 4 aliphatic carbocycles. The van der Waals surface area contributed by atoms with E-state index in [1.54, 1.807) is 0 Å². The summed E-state index contributed by atoms with van der Waals surface area (Å²) in [6.45, 7) is 0. The van der Waals surface area contributed by atoms with E-state index in [1.807, 2.05) is 0 Å². The molecule has 0 aromatic heterocycles. The van der Waals surface area contributed by atoms with Crippen molar-refractivity contribution in [1.29, 1.82) is 0 Å². The molecule has 0 saturated heterocycles. The number of fused-ring (bicyclic) bond motifs is 5. The Morgan fingerprint density at radius 3 is 2.65 bits per heavy atom. The van der Waals surface area contributed by atoms with Crippen LogP contribution < -0.4 is 0 Å². The smallest absolute Gasteiger partial charge is 0.163 e. The third-order valence-electron chi connectivity index (χ3n) is 7.26. The van der Waals surface area contributed by atoms with Gasteiger partial charge in [-0.15, -0.1) is 0 Å². The summed E-state index contributed by atoms with van der Waals surface area (Å²) in [4.78, 5) is 12.6. The fourth-order valence-corrected chi connectivity index (χ4v) is 6.07. The van der Waals surface area contributed by atoms with Crippen LogP contribution >= 0.6 is 0 Å². The van der Waals surface area contributed by atoms with E-state index < -0.39 is 0 Å². The van der Waals surface area contributed by atoms with Gasteiger partial charge in [0.15, 0.2) is 5.78 Å². The Morgan fingerprint density at radius 2 is 1.91 bits per heavy atom. The van der Waals surface area contributed by atoms with Gasteiger partial charge in [-0.05, 0) is 67.1 Å². The van der Waals surface area contributed by atoms with E-state index >= 15 is 0 Å². The van der Waals surface area contributed by atoms with Crippen LogP contribution in [0.1, 0.15) is 85.2 Å². The van der Waals surface area contributed by atoms with Gasteiger partial charge in [0.25, 0.3) is 0 Å². The van der Waals surface area contributed by atoms with E-state index in [9.17, 15) is 4.79 Å². The zero-order chi connectivity index (χ0) is 15.4. The zero-order valence-electron chi connectivity index (χ0n) is 13.9. The van der Waals surface area contributed by atoms with E-state index in [0.29, 0.717) is 17.6 Å². The summed E-state index contributed by atoms with van der Waals surface area (Å²) in [5.41, 5.74) is 4.20.